The lowest BCUT2D eigenvalue weighted by atomic mass is 10.2. The monoisotopic (exact) mass is 420 g/mol. The molecule has 0 aliphatic heterocycles. The summed E-state index contributed by atoms with van der Waals surface area (Å²) in [6, 6.07) is 11.2. The molecule has 0 spiro atoms. The van der Waals surface area contributed by atoms with Gasteiger partial charge in [-0.15, -0.1) is 11.3 Å². The molecule has 8 heteroatoms. The van der Waals surface area contributed by atoms with Crippen LogP contribution in [0.3, 0.4) is 0 Å². The van der Waals surface area contributed by atoms with Crippen LogP contribution in [0, 0.1) is 19.7 Å². The van der Waals surface area contributed by atoms with Gasteiger partial charge in [-0.1, -0.05) is 6.07 Å². The predicted molar refractivity (Wildman–Crippen MR) is 109 cm³/mol. The summed E-state index contributed by atoms with van der Waals surface area (Å²) in [5, 5.41) is 0.788. The largest absolute Gasteiger partial charge is 0.495 e. The minimum absolute atomic E-state index is 0.128. The van der Waals surface area contributed by atoms with Crippen LogP contribution in [0.5, 0.6) is 5.75 Å². The number of rotatable bonds is 7. The molecule has 0 radical (unpaired) electrons. The van der Waals surface area contributed by atoms with Crippen molar-refractivity contribution in [1.29, 1.82) is 0 Å². The molecule has 28 heavy (non-hydrogen) atoms. The van der Waals surface area contributed by atoms with E-state index in [9.17, 15) is 12.8 Å². The Morgan fingerprint density at radius 3 is 2.54 bits per heavy atom. The molecule has 0 aliphatic carbocycles. The normalized spacial score (nSPS) is 11.6. The van der Waals surface area contributed by atoms with E-state index in [0.717, 1.165) is 26.7 Å². The predicted octanol–water partition coefficient (Wildman–Crippen LogP) is 4.10. The van der Waals surface area contributed by atoms with E-state index in [1.165, 1.54) is 30.6 Å². The van der Waals surface area contributed by atoms with Crippen molar-refractivity contribution in [3.8, 4) is 16.3 Å². The van der Waals surface area contributed by atoms with E-state index >= 15 is 0 Å². The fourth-order valence-electron chi connectivity index (χ4n) is 2.75. The molecule has 1 aromatic heterocycles. The minimum atomic E-state index is -3.69. The quantitative estimate of drug-likeness (QED) is 0.625. The van der Waals surface area contributed by atoms with Crippen molar-refractivity contribution in [2.45, 2.75) is 25.2 Å². The van der Waals surface area contributed by atoms with Gasteiger partial charge in [-0.2, -0.15) is 0 Å². The maximum atomic E-state index is 13.1. The van der Waals surface area contributed by atoms with Crippen molar-refractivity contribution in [2.24, 2.45) is 0 Å². The van der Waals surface area contributed by atoms with E-state index in [2.05, 4.69) is 9.71 Å². The molecule has 0 atom stereocenters. The van der Waals surface area contributed by atoms with Crippen molar-refractivity contribution in [3.05, 3.63) is 64.4 Å². The SMILES string of the molecule is COc1ccc(C)cc1S(=O)(=O)NCCc1sc(-c2ccc(F)cc2)nc1C. The number of benzene rings is 2. The van der Waals surface area contributed by atoms with Crippen LogP contribution in [0.25, 0.3) is 10.6 Å². The summed E-state index contributed by atoms with van der Waals surface area (Å²) in [6.45, 7) is 3.96. The summed E-state index contributed by atoms with van der Waals surface area (Å²) < 4.78 is 46.2. The molecule has 2 aromatic carbocycles. The first-order valence-electron chi connectivity index (χ1n) is 8.66. The van der Waals surface area contributed by atoms with Crippen LogP contribution >= 0.6 is 11.3 Å². The number of methoxy groups -OCH3 is 1. The van der Waals surface area contributed by atoms with Gasteiger partial charge < -0.3 is 4.74 Å². The van der Waals surface area contributed by atoms with E-state index in [1.807, 2.05) is 13.8 Å². The molecular weight excluding hydrogens is 399 g/mol. The van der Waals surface area contributed by atoms with Crippen molar-refractivity contribution in [3.63, 3.8) is 0 Å². The number of nitrogens with zero attached hydrogens (tertiary/aromatic N) is 1. The third-order valence-corrected chi connectivity index (χ3v) is 6.99. The molecule has 148 valence electrons. The Morgan fingerprint density at radius 1 is 1.14 bits per heavy atom. The van der Waals surface area contributed by atoms with Crippen LogP contribution in [0.4, 0.5) is 4.39 Å². The number of sulfonamides is 1. The number of halogens is 1. The Morgan fingerprint density at radius 2 is 1.86 bits per heavy atom. The second-order valence-electron chi connectivity index (χ2n) is 6.34. The van der Waals surface area contributed by atoms with Crippen molar-refractivity contribution < 1.29 is 17.5 Å². The van der Waals surface area contributed by atoms with E-state index < -0.39 is 10.0 Å². The maximum absolute atomic E-state index is 13.1. The van der Waals surface area contributed by atoms with Gasteiger partial charge in [-0.25, -0.2) is 22.5 Å². The van der Waals surface area contributed by atoms with Crippen molar-refractivity contribution in [1.82, 2.24) is 9.71 Å². The third kappa shape index (κ3) is 4.57. The van der Waals surface area contributed by atoms with Crippen molar-refractivity contribution in [2.75, 3.05) is 13.7 Å². The zero-order chi connectivity index (χ0) is 20.3. The molecule has 1 N–H and O–H groups in total. The zero-order valence-corrected chi connectivity index (χ0v) is 17.5. The third-order valence-electron chi connectivity index (χ3n) is 4.24. The Balaban J connectivity index is 1.71. The lowest BCUT2D eigenvalue weighted by Gasteiger charge is -2.11. The van der Waals surface area contributed by atoms with Gasteiger partial charge in [0.25, 0.3) is 0 Å². The first-order valence-corrected chi connectivity index (χ1v) is 11.0. The van der Waals surface area contributed by atoms with Crippen LogP contribution in [-0.4, -0.2) is 27.1 Å². The molecule has 0 fully saturated rings. The molecule has 0 amide bonds. The molecular formula is C20H21FN2O3S2. The van der Waals surface area contributed by atoms with E-state index in [1.54, 1.807) is 30.3 Å². The fraction of sp³-hybridized carbons (Fsp3) is 0.250. The van der Waals surface area contributed by atoms with E-state index in [0.29, 0.717) is 12.2 Å². The average molecular weight is 421 g/mol. The number of thiazole rings is 1. The highest BCUT2D eigenvalue weighted by atomic mass is 32.2. The Bertz CT molecular complexity index is 1080. The molecule has 5 nitrogen and oxygen atoms in total. The molecule has 0 saturated carbocycles. The fourth-order valence-corrected chi connectivity index (χ4v) is 5.10. The lowest BCUT2D eigenvalue weighted by Crippen LogP contribution is -2.26. The molecule has 0 aliphatic rings. The average Bonchev–Trinajstić information content (AvgIpc) is 3.03. The molecule has 0 bridgehead atoms. The number of hydrogen-bond donors (Lipinski definition) is 1. The smallest absolute Gasteiger partial charge is 0.244 e. The number of ether oxygens (including phenoxy) is 1. The van der Waals surface area contributed by atoms with Gasteiger partial charge in [0.2, 0.25) is 10.0 Å². The van der Waals surface area contributed by atoms with Gasteiger partial charge in [0.1, 0.15) is 21.5 Å². The van der Waals surface area contributed by atoms with E-state index in [4.69, 9.17) is 4.74 Å². The van der Waals surface area contributed by atoms with Gasteiger partial charge in [-0.05, 0) is 62.2 Å². The first kappa shape index (κ1) is 20.4. The summed E-state index contributed by atoms with van der Waals surface area (Å²) in [4.78, 5) is 5.63. The molecule has 3 rings (SSSR count). The van der Waals surface area contributed by atoms with Gasteiger partial charge in [0.15, 0.2) is 0 Å². The number of aromatic nitrogens is 1. The van der Waals surface area contributed by atoms with Crippen LogP contribution in [0.1, 0.15) is 16.1 Å². The maximum Gasteiger partial charge on any atom is 0.244 e. The van der Waals surface area contributed by atoms with Gasteiger partial charge in [-0.3, -0.25) is 0 Å². The Kier molecular flexibility index (Phi) is 6.12. The van der Waals surface area contributed by atoms with Crippen LogP contribution in [0.15, 0.2) is 47.4 Å². The lowest BCUT2D eigenvalue weighted by molar-refractivity contribution is 0.402. The summed E-state index contributed by atoms with van der Waals surface area (Å²) in [5.74, 6) is 0.0175. The molecule has 0 unspecified atom stereocenters. The highest BCUT2D eigenvalue weighted by Gasteiger charge is 2.19. The number of aryl methyl sites for hydroxylation is 2. The molecule has 0 saturated heterocycles. The Labute approximate surface area is 168 Å². The van der Waals surface area contributed by atoms with Crippen LogP contribution < -0.4 is 9.46 Å². The van der Waals surface area contributed by atoms with Gasteiger partial charge in [0, 0.05) is 17.0 Å². The summed E-state index contributed by atoms with van der Waals surface area (Å²) >= 11 is 1.48. The summed E-state index contributed by atoms with van der Waals surface area (Å²) in [6.07, 6.45) is 0.512. The summed E-state index contributed by atoms with van der Waals surface area (Å²) in [5.41, 5.74) is 2.52. The number of hydrogen-bond acceptors (Lipinski definition) is 5. The van der Waals surface area contributed by atoms with Crippen molar-refractivity contribution >= 4 is 21.4 Å². The summed E-state index contributed by atoms with van der Waals surface area (Å²) in [7, 11) is -2.25. The molecule has 3 aromatic rings. The second-order valence-corrected chi connectivity index (χ2v) is 9.16. The highest BCUT2D eigenvalue weighted by Crippen LogP contribution is 2.29. The topological polar surface area (TPSA) is 68.3 Å². The Hall–Kier alpha value is -2.29. The van der Waals surface area contributed by atoms with E-state index in [-0.39, 0.29) is 17.3 Å². The number of nitrogens with one attached hydrogen (secondary N) is 1. The molecule has 1 heterocycles. The minimum Gasteiger partial charge on any atom is -0.495 e. The zero-order valence-electron chi connectivity index (χ0n) is 15.8. The van der Waals surface area contributed by atoms with Gasteiger partial charge >= 0.3 is 0 Å². The standard InChI is InChI=1S/C20H21FN2O3S2/c1-13-4-9-17(26-3)19(12-13)28(24,25)22-11-10-18-14(2)23-20(27-18)15-5-7-16(21)8-6-15/h4-9,12,22H,10-11H2,1-3H3. The first-order chi connectivity index (χ1) is 13.3. The highest BCUT2D eigenvalue weighted by molar-refractivity contribution is 7.89. The second kappa shape index (κ2) is 8.38. The van der Waals surface area contributed by atoms with Crippen LogP contribution in [-0.2, 0) is 16.4 Å². The van der Waals surface area contributed by atoms with Crippen LogP contribution in [0.2, 0.25) is 0 Å². The van der Waals surface area contributed by atoms with Gasteiger partial charge in [0.05, 0.1) is 12.8 Å².